The zero-order valence-corrected chi connectivity index (χ0v) is 15.8. The van der Waals surface area contributed by atoms with Crippen LogP contribution in [0.5, 0.6) is 0 Å². The van der Waals surface area contributed by atoms with E-state index in [1.807, 2.05) is 11.8 Å². The highest BCUT2D eigenvalue weighted by molar-refractivity contribution is 5.79. The predicted octanol–water partition coefficient (Wildman–Crippen LogP) is 2.05. The van der Waals surface area contributed by atoms with Crippen LogP contribution in [0.25, 0.3) is 0 Å². The average Bonchev–Trinajstić information content (AvgIpc) is 3.03. The number of amides is 1. The van der Waals surface area contributed by atoms with Crippen LogP contribution in [0, 0.1) is 0 Å². The van der Waals surface area contributed by atoms with Gasteiger partial charge in [0.05, 0.1) is 12.1 Å². The lowest BCUT2D eigenvalue weighted by Gasteiger charge is -2.44. The minimum atomic E-state index is 0.201. The molecule has 2 fully saturated rings. The Hall–Kier alpha value is -1.40. The maximum Gasteiger partial charge on any atom is 0.227 e. The van der Waals surface area contributed by atoms with Crippen LogP contribution in [0.2, 0.25) is 0 Å². The van der Waals surface area contributed by atoms with Gasteiger partial charge in [-0.25, -0.2) is 0 Å². The van der Waals surface area contributed by atoms with Crippen molar-refractivity contribution in [2.75, 3.05) is 32.8 Å². The van der Waals surface area contributed by atoms with E-state index in [1.54, 1.807) is 0 Å². The summed E-state index contributed by atoms with van der Waals surface area (Å²) < 4.78 is 10.9. The first kappa shape index (κ1) is 18.4. The second kappa shape index (κ2) is 8.32. The second-order valence-corrected chi connectivity index (χ2v) is 7.19. The Morgan fingerprint density at radius 3 is 2.60 bits per heavy atom. The minimum Gasteiger partial charge on any atom is -0.381 e. The topological polar surface area (TPSA) is 58.8 Å². The quantitative estimate of drug-likeness (QED) is 0.814. The van der Waals surface area contributed by atoms with Gasteiger partial charge in [-0.2, -0.15) is 0 Å². The van der Waals surface area contributed by atoms with Gasteiger partial charge in [0.15, 0.2) is 0 Å². The van der Waals surface area contributed by atoms with Gasteiger partial charge in [0.1, 0.15) is 5.76 Å². The highest BCUT2D eigenvalue weighted by Gasteiger charge is 2.32. The molecule has 0 saturated carbocycles. The minimum absolute atomic E-state index is 0.201. The van der Waals surface area contributed by atoms with Gasteiger partial charge >= 0.3 is 0 Å². The molecule has 0 aromatic carbocycles. The van der Waals surface area contributed by atoms with Gasteiger partial charge in [0, 0.05) is 56.9 Å². The van der Waals surface area contributed by atoms with Gasteiger partial charge in [-0.3, -0.25) is 9.69 Å². The fourth-order valence-electron chi connectivity index (χ4n) is 4.13. The molecule has 25 heavy (non-hydrogen) atoms. The molecular weight excluding hydrogens is 318 g/mol. The Labute approximate surface area is 150 Å². The van der Waals surface area contributed by atoms with Gasteiger partial charge in [0.25, 0.3) is 0 Å². The molecule has 2 aliphatic heterocycles. The van der Waals surface area contributed by atoms with Gasteiger partial charge in [-0.1, -0.05) is 19.0 Å². The Kier molecular flexibility index (Phi) is 6.12. The molecule has 2 saturated heterocycles. The summed E-state index contributed by atoms with van der Waals surface area (Å²) in [5, 5.41) is 4.13. The molecule has 1 aromatic heterocycles. The lowest BCUT2D eigenvalue weighted by molar-refractivity contribution is -0.135. The van der Waals surface area contributed by atoms with Crippen LogP contribution in [0.4, 0.5) is 0 Å². The highest BCUT2D eigenvalue weighted by Crippen LogP contribution is 2.22. The van der Waals surface area contributed by atoms with Gasteiger partial charge < -0.3 is 14.2 Å². The summed E-state index contributed by atoms with van der Waals surface area (Å²) >= 11 is 0. The van der Waals surface area contributed by atoms with Crippen LogP contribution in [0.1, 0.15) is 50.6 Å². The second-order valence-electron chi connectivity index (χ2n) is 7.19. The van der Waals surface area contributed by atoms with Crippen molar-refractivity contribution in [1.82, 2.24) is 15.0 Å². The lowest BCUT2D eigenvalue weighted by atomic mass is 10.0. The Morgan fingerprint density at radius 1 is 1.20 bits per heavy atom. The molecule has 1 aromatic rings. The fourth-order valence-corrected chi connectivity index (χ4v) is 4.13. The van der Waals surface area contributed by atoms with Gasteiger partial charge in [0.2, 0.25) is 5.91 Å². The fraction of sp³-hybridized carbons (Fsp3) is 0.789. The van der Waals surface area contributed by atoms with E-state index in [-0.39, 0.29) is 11.9 Å². The van der Waals surface area contributed by atoms with Crippen LogP contribution < -0.4 is 0 Å². The molecule has 0 bridgehead atoms. The molecule has 0 unspecified atom stereocenters. The van der Waals surface area contributed by atoms with Crippen LogP contribution in [-0.2, 0) is 28.8 Å². The zero-order valence-electron chi connectivity index (χ0n) is 15.8. The monoisotopic (exact) mass is 349 g/mol. The normalized spacial score (nSPS) is 23.2. The van der Waals surface area contributed by atoms with E-state index in [0.29, 0.717) is 12.5 Å². The van der Waals surface area contributed by atoms with Crippen LogP contribution >= 0.6 is 0 Å². The number of carbonyl (C=O) groups excluding carboxylic acids is 1. The molecule has 0 N–H and O–H groups in total. The smallest absolute Gasteiger partial charge is 0.227 e. The third-order valence-corrected chi connectivity index (χ3v) is 5.62. The van der Waals surface area contributed by atoms with Crippen molar-refractivity contribution in [2.45, 2.75) is 65.0 Å². The van der Waals surface area contributed by atoms with Crippen molar-refractivity contribution in [1.29, 1.82) is 0 Å². The van der Waals surface area contributed by atoms with E-state index in [1.165, 1.54) is 0 Å². The number of hydrogen-bond acceptors (Lipinski definition) is 5. The third kappa shape index (κ3) is 4.06. The number of carbonyl (C=O) groups is 1. The summed E-state index contributed by atoms with van der Waals surface area (Å²) in [4.78, 5) is 17.5. The first-order valence-electron chi connectivity index (χ1n) is 9.71. The highest BCUT2D eigenvalue weighted by atomic mass is 16.5. The van der Waals surface area contributed by atoms with E-state index in [4.69, 9.17) is 9.26 Å². The van der Waals surface area contributed by atoms with Gasteiger partial charge in [-0.05, 0) is 26.2 Å². The molecule has 6 heteroatoms. The summed E-state index contributed by atoms with van der Waals surface area (Å²) in [6.07, 6.45) is 4.22. The first-order valence-corrected chi connectivity index (χ1v) is 9.71. The van der Waals surface area contributed by atoms with Crippen molar-refractivity contribution in [3.05, 3.63) is 17.0 Å². The Bertz CT molecular complexity index is 559. The van der Waals surface area contributed by atoms with Gasteiger partial charge in [-0.15, -0.1) is 0 Å². The molecule has 1 amide bonds. The summed E-state index contributed by atoms with van der Waals surface area (Å²) in [5.74, 6) is 1.06. The standard InChI is InChI=1S/C19H31N3O3/c1-4-17-16(18(5-2)25-20-17)12-19(23)22-9-8-21(13-14(22)3)15-6-10-24-11-7-15/h14-15H,4-13H2,1-3H3/t14-/m0/s1. The Balaban J connectivity index is 1.61. The first-order chi connectivity index (χ1) is 12.1. The number of hydrogen-bond donors (Lipinski definition) is 0. The SMILES string of the molecule is CCc1noc(CC)c1CC(=O)N1CCN(C2CCOCC2)C[C@@H]1C. The molecule has 140 valence electrons. The molecule has 6 nitrogen and oxygen atoms in total. The maximum atomic E-state index is 12.9. The molecular formula is C19H31N3O3. The number of aryl methyl sites for hydroxylation is 2. The van der Waals surface area contributed by atoms with Crippen LogP contribution in [0.15, 0.2) is 4.52 Å². The van der Waals surface area contributed by atoms with Crippen LogP contribution in [-0.4, -0.2) is 65.8 Å². The molecule has 0 radical (unpaired) electrons. The summed E-state index contributed by atoms with van der Waals surface area (Å²) in [7, 11) is 0. The number of ether oxygens (including phenoxy) is 1. The van der Waals surface area contributed by atoms with Crippen molar-refractivity contribution >= 4 is 5.91 Å². The number of nitrogens with zero attached hydrogens (tertiary/aromatic N) is 3. The molecule has 0 spiro atoms. The molecule has 3 heterocycles. The summed E-state index contributed by atoms with van der Waals surface area (Å²) in [6, 6.07) is 0.865. The summed E-state index contributed by atoms with van der Waals surface area (Å²) in [5.41, 5.74) is 1.94. The zero-order chi connectivity index (χ0) is 17.8. The van der Waals surface area contributed by atoms with Crippen molar-refractivity contribution in [3.63, 3.8) is 0 Å². The number of piperazine rings is 1. The third-order valence-electron chi connectivity index (χ3n) is 5.62. The lowest BCUT2D eigenvalue weighted by Crippen LogP contribution is -2.57. The molecule has 1 atom stereocenters. The van der Waals surface area contributed by atoms with Crippen LogP contribution in [0.3, 0.4) is 0 Å². The largest absolute Gasteiger partial charge is 0.381 e. The average molecular weight is 349 g/mol. The molecule has 0 aliphatic carbocycles. The number of rotatable bonds is 5. The van der Waals surface area contributed by atoms with E-state index < -0.39 is 0 Å². The molecule has 2 aliphatic rings. The van der Waals surface area contributed by atoms with Crippen molar-refractivity contribution < 1.29 is 14.1 Å². The predicted molar refractivity (Wildman–Crippen MR) is 95.6 cm³/mol. The number of aromatic nitrogens is 1. The van der Waals surface area contributed by atoms with E-state index >= 15 is 0 Å². The van der Waals surface area contributed by atoms with E-state index in [9.17, 15) is 4.79 Å². The molecule has 3 rings (SSSR count). The van der Waals surface area contributed by atoms with E-state index in [2.05, 4.69) is 23.9 Å². The summed E-state index contributed by atoms with van der Waals surface area (Å²) in [6.45, 7) is 10.7. The Morgan fingerprint density at radius 2 is 1.96 bits per heavy atom. The van der Waals surface area contributed by atoms with Crippen molar-refractivity contribution in [2.24, 2.45) is 0 Å². The van der Waals surface area contributed by atoms with E-state index in [0.717, 1.165) is 75.5 Å². The maximum absolute atomic E-state index is 12.9. The van der Waals surface area contributed by atoms with Crippen molar-refractivity contribution in [3.8, 4) is 0 Å².